The van der Waals surface area contributed by atoms with Gasteiger partial charge in [-0.2, -0.15) is 0 Å². The molecule has 0 saturated carbocycles. The Kier molecular flexibility index (Phi) is 7.52. The van der Waals surface area contributed by atoms with E-state index in [4.69, 9.17) is 21.8 Å². The van der Waals surface area contributed by atoms with Gasteiger partial charge in [0.15, 0.2) is 0 Å². The zero-order valence-electron chi connectivity index (χ0n) is 7.75. The fraction of sp³-hybridized carbons (Fsp3) is 0.667. The highest BCUT2D eigenvalue weighted by Crippen LogP contribution is 2.22. The van der Waals surface area contributed by atoms with Crippen molar-refractivity contribution in [2.75, 3.05) is 11.5 Å². The van der Waals surface area contributed by atoms with Gasteiger partial charge >= 0.3 is 11.9 Å². The molecule has 0 bridgehead atoms. The number of rotatable bonds is 8. The largest absolute Gasteiger partial charge is 0.480 e. The quantitative estimate of drug-likeness (QED) is 0.155. The van der Waals surface area contributed by atoms with Crippen molar-refractivity contribution in [1.29, 1.82) is 0 Å². The molecule has 1 unspecified atom stereocenters. The summed E-state index contributed by atoms with van der Waals surface area (Å²) in [6.07, 6.45) is 0. The van der Waals surface area contributed by atoms with Crippen molar-refractivity contribution in [3.63, 3.8) is 0 Å². The third-order valence-electron chi connectivity index (χ3n) is 1.38. The molecule has 15 heavy (non-hydrogen) atoms. The van der Waals surface area contributed by atoms with Crippen molar-refractivity contribution in [3.8, 4) is 0 Å². The van der Waals surface area contributed by atoms with Crippen molar-refractivity contribution in [2.45, 2.75) is 12.1 Å². The van der Waals surface area contributed by atoms with E-state index in [9.17, 15) is 9.59 Å². The topological polar surface area (TPSA) is 139 Å². The number of nitrogens with one attached hydrogen (secondary N) is 1. The molecule has 0 rings (SSSR count). The zero-order chi connectivity index (χ0) is 11.8. The minimum Gasteiger partial charge on any atom is -0.480 e. The number of hydrogen-bond acceptors (Lipinski definition) is 7. The van der Waals surface area contributed by atoms with Gasteiger partial charge in [-0.05, 0) is 0 Å². The van der Waals surface area contributed by atoms with E-state index in [1.54, 1.807) is 0 Å². The lowest BCUT2D eigenvalue weighted by Gasteiger charge is -2.10. The Bertz CT molecular complexity index is 228. The van der Waals surface area contributed by atoms with Gasteiger partial charge in [0.05, 0.1) is 0 Å². The van der Waals surface area contributed by atoms with Crippen LogP contribution < -0.4 is 17.0 Å². The molecule has 2 atom stereocenters. The molecule has 88 valence electrons. The molecule has 0 aromatic heterocycles. The lowest BCUT2D eigenvalue weighted by atomic mass is 10.4. The van der Waals surface area contributed by atoms with E-state index in [1.807, 2.05) is 0 Å². The third kappa shape index (κ3) is 6.57. The van der Waals surface area contributed by atoms with Crippen LogP contribution in [0.25, 0.3) is 0 Å². The molecule has 0 aliphatic carbocycles. The first-order chi connectivity index (χ1) is 6.99. The Labute approximate surface area is 94.3 Å². The maximum atomic E-state index is 10.5. The number of carboxylic acid groups (broad SMARTS) is 2. The van der Waals surface area contributed by atoms with Crippen molar-refractivity contribution >= 4 is 33.5 Å². The van der Waals surface area contributed by atoms with Gasteiger partial charge in [0.25, 0.3) is 0 Å². The SMILES string of the molecule is NN[C@@H](CSSCC(N)C(=O)O)C(=O)O. The summed E-state index contributed by atoms with van der Waals surface area (Å²) in [5.41, 5.74) is 7.37. The van der Waals surface area contributed by atoms with Crippen molar-refractivity contribution in [1.82, 2.24) is 5.43 Å². The summed E-state index contributed by atoms with van der Waals surface area (Å²) < 4.78 is 0. The van der Waals surface area contributed by atoms with Crippen LogP contribution in [0.15, 0.2) is 0 Å². The Morgan fingerprint density at radius 2 is 1.73 bits per heavy atom. The summed E-state index contributed by atoms with van der Waals surface area (Å²) in [6.45, 7) is 0. The standard InChI is InChI=1S/C6H13N3O4S2/c7-3(5(10)11)1-14-15-2-4(9-8)6(12)13/h3-4,9H,1-2,7-8H2,(H,10,11)(H,12,13)/t3?,4-/m0/s1. The van der Waals surface area contributed by atoms with Gasteiger partial charge in [0, 0.05) is 11.5 Å². The van der Waals surface area contributed by atoms with Gasteiger partial charge in [-0.1, -0.05) is 21.6 Å². The molecule has 0 aromatic carbocycles. The molecule has 0 fully saturated rings. The molecule has 0 aromatic rings. The summed E-state index contributed by atoms with van der Waals surface area (Å²) in [4.78, 5) is 20.8. The second-order valence-corrected chi connectivity index (χ2v) is 5.12. The van der Waals surface area contributed by atoms with Crippen LogP contribution in [0.1, 0.15) is 0 Å². The molecule has 0 aliphatic heterocycles. The van der Waals surface area contributed by atoms with Crippen LogP contribution in [0.2, 0.25) is 0 Å². The van der Waals surface area contributed by atoms with E-state index < -0.39 is 24.0 Å². The van der Waals surface area contributed by atoms with Gasteiger partial charge in [-0.15, -0.1) is 0 Å². The molecule has 0 aliphatic rings. The Morgan fingerprint density at radius 3 is 2.13 bits per heavy atom. The second-order valence-electron chi connectivity index (χ2n) is 2.57. The first-order valence-corrected chi connectivity index (χ1v) is 6.39. The van der Waals surface area contributed by atoms with Crippen LogP contribution in [0, 0.1) is 0 Å². The van der Waals surface area contributed by atoms with Gasteiger partial charge in [0.2, 0.25) is 0 Å². The first kappa shape index (κ1) is 14.5. The van der Waals surface area contributed by atoms with Crippen molar-refractivity contribution in [3.05, 3.63) is 0 Å². The predicted octanol–water partition coefficient (Wildman–Crippen LogP) is -1.30. The van der Waals surface area contributed by atoms with Crippen LogP contribution in [-0.4, -0.2) is 45.7 Å². The molecule has 7 nitrogen and oxygen atoms in total. The maximum absolute atomic E-state index is 10.5. The normalized spacial score (nSPS) is 14.5. The van der Waals surface area contributed by atoms with Crippen LogP contribution in [-0.2, 0) is 9.59 Å². The van der Waals surface area contributed by atoms with E-state index in [0.717, 1.165) is 0 Å². The van der Waals surface area contributed by atoms with Crippen LogP contribution in [0.4, 0.5) is 0 Å². The lowest BCUT2D eigenvalue weighted by molar-refractivity contribution is -0.139. The Hall–Kier alpha value is -0.480. The number of hydrazine groups is 1. The van der Waals surface area contributed by atoms with Gasteiger partial charge < -0.3 is 15.9 Å². The molecule has 0 amide bonds. The second kappa shape index (κ2) is 7.77. The van der Waals surface area contributed by atoms with E-state index in [-0.39, 0.29) is 11.5 Å². The van der Waals surface area contributed by atoms with Crippen LogP contribution in [0.5, 0.6) is 0 Å². The molecule has 0 radical (unpaired) electrons. The minimum absolute atomic E-state index is 0.219. The van der Waals surface area contributed by atoms with Gasteiger partial charge in [0.1, 0.15) is 12.1 Å². The molecule has 7 N–H and O–H groups in total. The Balaban J connectivity index is 3.61. The summed E-state index contributed by atoms with van der Waals surface area (Å²) >= 11 is 0. The summed E-state index contributed by atoms with van der Waals surface area (Å²) in [5, 5.41) is 17.0. The summed E-state index contributed by atoms with van der Waals surface area (Å²) in [7, 11) is 2.41. The highest BCUT2D eigenvalue weighted by Gasteiger charge is 2.16. The fourth-order valence-electron chi connectivity index (χ4n) is 0.500. The smallest absolute Gasteiger partial charge is 0.322 e. The number of carbonyl (C=O) groups is 2. The molecular formula is C6H13N3O4S2. The minimum atomic E-state index is -1.07. The van der Waals surface area contributed by atoms with Crippen LogP contribution in [0.3, 0.4) is 0 Å². The van der Waals surface area contributed by atoms with Gasteiger partial charge in [-0.25, -0.2) is 5.43 Å². The van der Waals surface area contributed by atoms with E-state index in [2.05, 4.69) is 5.43 Å². The fourth-order valence-corrected chi connectivity index (χ4v) is 2.78. The predicted molar refractivity (Wildman–Crippen MR) is 59.3 cm³/mol. The first-order valence-electron chi connectivity index (χ1n) is 3.90. The number of hydrogen-bond donors (Lipinski definition) is 5. The molecular weight excluding hydrogens is 242 g/mol. The number of carboxylic acids is 2. The number of aliphatic carboxylic acids is 2. The maximum Gasteiger partial charge on any atom is 0.322 e. The van der Waals surface area contributed by atoms with Crippen molar-refractivity contribution in [2.24, 2.45) is 11.6 Å². The highest BCUT2D eigenvalue weighted by atomic mass is 33.1. The summed E-state index contributed by atoms with van der Waals surface area (Å²) in [5.74, 6) is 3.33. The molecule has 0 heterocycles. The van der Waals surface area contributed by atoms with E-state index in [0.29, 0.717) is 0 Å². The number of nitrogens with two attached hydrogens (primary N) is 2. The summed E-state index contributed by atoms with van der Waals surface area (Å²) in [6, 6.07) is -1.78. The molecule has 0 saturated heterocycles. The van der Waals surface area contributed by atoms with E-state index >= 15 is 0 Å². The average Bonchev–Trinajstić information content (AvgIpc) is 2.16. The molecule has 0 spiro atoms. The Morgan fingerprint density at radius 1 is 1.20 bits per heavy atom. The van der Waals surface area contributed by atoms with Crippen molar-refractivity contribution < 1.29 is 19.8 Å². The third-order valence-corrected chi connectivity index (χ3v) is 3.83. The monoisotopic (exact) mass is 255 g/mol. The van der Waals surface area contributed by atoms with E-state index in [1.165, 1.54) is 21.6 Å². The zero-order valence-corrected chi connectivity index (χ0v) is 9.38. The average molecular weight is 255 g/mol. The lowest BCUT2D eigenvalue weighted by Crippen LogP contribution is -2.43. The van der Waals surface area contributed by atoms with Crippen LogP contribution >= 0.6 is 21.6 Å². The van der Waals surface area contributed by atoms with Gasteiger partial charge in [-0.3, -0.25) is 15.4 Å². The molecule has 9 heteroatoms. The highest BCUT2D eigenvalue weighted by molar-refractivity contribution is 8.76.